The Labute approximate surface area is 133 Å². The maximum atomic E-state index is 13.4. The Morgan fingerprint density at radius 2 is 2.00 bits per heavy atom. The predicted octanol–water partition coefficient (Wildman–Crippen LogP) is 3.15. The molecule has 0 saturated heterocycles. The number of methoxy groups -OCH3 is 1. The zero-order valence-corrected chi connectivity index (χ0v) is 12.2. The van der Waals surface area contributed by atoms with Gasteiger partial charge in [0.1, 0.15) is 5.56 Å². The van der Waals surface area contributed by atoms with Crippen LogP contribution in [0.3, 0.4) is 0 Å². The number of aromatic nitrogens is 3. The minimum Gasteiger partial charge on any atom is -0.481 e. The zero-order valence-electron chi connectivity index (χ0n) is 12.2. The summed E-state index contributed by atoms with van der Waals surface area (Å²) < 4.78 is 45.8. The van der Waals surface area contributed by atoms with E-state index in [0.717, 1.165) is 0 Å². The second-order valence-corrected chi connectivity index (χ2v) is 4.81. The fourth-order valence-electron chi connectivity index (χ4n) is 2.47. The van der Waals surface area contributed by atoms with E-state index in [2.05, 4.69) is 10.1 Å². The van der Waals surface area contributed by atoms with E-state index >= 15 is 0 Å². The molecule has 0 saturated carbocycles. The Morgan fingerprint density at radius 1 is 1.25 bits per heavy atom. The Balaban J connectivity index is 2.35. The summed E-state index contributed by atoms with van der Waals surface area (Å²) in [5.41, 5.74) is -2.19. The first kappa shape index (κ1) is 15.8. The molecule has 0 amide bonds. The summed E-state index contributed by atoms with van der Waals surface area (Å²) in [5, 5.41) is 13.5. The molecule has 1 aromatic carbocycles. The van der Waals surface area contributed by atoms with Crippen LogP contribution in [0.1, 0.15) is 16.1 Å². The number of rotatable bonds is 3. The highest BCUT2D eigenvalue weighted by Gasteiger charge is 2.40. The standard InChI is InChI=1S/C15H10F3N3O3/c1-24-13-9-3-2-4-11(8(9)5-6-19-13)21-12(15(16,17)18)10(7-20-21)14(22)23/h2-7H,1H3,(H,22,23). The molecule has 2 heterocycles. The number of aromatic carboxylic acids is 1. The highest BCUT2D eigenvalue weighted by molar-refractivity contribution is 5.94. The van der Waals surface area contributed by atoms with E-state index in [0.29, 0.717) is 21.7 Å². The highest BCUT2D eigenvalue weighted by atomic mass is 19.4. The van der Waals surface area contributed by atoms with Crippen molar-refractivity contribution in [2.75, 3.05) is 7.11 Å². The number of hydrogen-bond acceptors (Lipinski definition) is 4. The predicted molar refractivity (Wildman–Crippen MR) is 77.4 cm³/mol. The number of halogens is 3. The lowest BCUT2D eigenvalue weighted by Crippen LogP contribution is -2.17. The molecule has 3 rings (SSSR count). The molecule has 9 heteroatoms. The smallest absolute Gasteiger partial charge is 0.434 e. The van der Waals surface area contributed by atoms with Crippen LogP contribution in [-0.2, 0) is 6.18 Å². The Morgan fingerprint density at radius 3 is 2.62 bits per heavy atom. The van der Waals surface area contributed by atoms with Gasteiger partial charge >= 0.3 is 12.1 Å². The van der Waals surface area contributed by atoms with Gasteiger partial charge in [-0.2, -0.15) is 18.3 Å². The van der Waals surface area contributed by atoms with Crippen molar-refractivity contribution < 1.29 is 27.8 Å². The number of carbonyl (C=O) groups is 1. The normalized spacial score (nSPS) is 11.7. The molecule has 0 atom stereocenters. The van der Waals surface area contributed by atoms with Gasteiger partial charge < -0.3 is 9.84 Å². The number of hydrogen-bond donors (Lipinski definition) is 1. The Kier molecular flexibility index (Phi) is 3.63. The average Bonchev–Trinajstić information content (AvgIpc) is 2.99. The first-order chi connectivity index (χ1) is 11.3. The van der Waals surface area contributed by atoms with Gasteiger partial charge in [-0.1, -0.05) is 6.07 Å². The van der Waals surface area contributed by atoms with Gasteiger partial charge in [-0.05, 0) is 18.2 Å². The lowest BCUT2D eigenvalue weighted by molar-refractivity contribution is -0.143. The molecule has 2 aromatic heterocycles. The minimum absolute atomic E-state index is 0.0769. The maximum absolute atomic E-state index is 13.4. The number of nitrogens with zero attached hydrogens (tertiary/aromatic N) is 3. The number of carboxylic acid groups (broad SMARTS) is 1. The molecule has 0 fully saturated rings. The van der Waals surface area contributed by atoms with Crippen molar-refractivity contribution in [2.45, 2.75) is 6.18 Å². The zero-order chi connectivity index (χ0) is 17.5. The lowest BCUT2D eigenvalue weighted by atomic mass is 10.1. The summed E-state index contributed by atoms with van der Waals surface area (Å²) in [6.45, 7) is 0. The second kappa shape index (κ2) is 5.52. The summed E-state index contributed by atoms with van der Waals surface area (Å²) in [7, 11) is 1.39. The lowest BCUT2D eigenvalue weighted by Gasteiger charge is -2.14. The number of carboxylic acids is 1. The summed E-state index contributed by atoms with van der Waals surface area (Å²) >= 11 is 0. The maximum Gasteiger partial charge on any atom is 0.434 e. The number of ether oxygens (including phenoxy) is 1. The van der Waals surface area contributed by atoms with Gasteiger partial charge in [-0.25, -0.2) is 14.5 Å². The molecule has 6 nitrogen and oxygen atoms in total. The van der Waals surface area contributed by atoms with Gasteiger partial charge in [-0.3, -0.25) is 0 Å². The van der Waals surface area contributed by atoms with Gasteiger partial charge in [0.25, 0.3) is 0 Å². The van der Waals surface area contributed by atoms with Crippen LogP contribution < -0.4 is 4.74 Å². The molecule has 24 heavy (non-hydrogen) atoms. The molecule has 0 bridgehead atoms. The average molecular weight is 337 g/mol. The van der Waals surface area contributed by atoms with Crippen molar-refractivity contribution in [3.8, 4) is 11.6 Å². The van der Waals surface area contributed by atoms with E-state index in [1.807, 2.05) is 0 Å². The summed E-state index contributed by atoms with van der Waals surface area (Å²) in [5.74, 6) is -1.46. The molecule has 0 aliphatic heterocycles. The number of pyridine rings is 1. The van der Waals surface area contributed by atoms with E-state index in [9.17, 15) is 18.0 Å². The van der Waals surface area contributed by atoms with Crippen LogP contribution in [-0.4, -0.2) is 33.0 Å². The molecule has 0 radical (unpaired) electrons. The third-order valence-electron chi connectivity index (χ3n) is 3.44. The Hall–Kier alpha value is -3.10. The van der Waals surface area contributed by atoms with Crippen molar-refractivity contribution in [3.05, 3.63) is 47.9 Å². The van der Waals surface area contributed by atoms with Crippen LogP contribution in [0.2, 0.25) is 0 Å². The summed E-state index contributed by atoms with van der Waals surface area (Å²) in [6, 6.07) is 6.08. The number of benzene rings is 1. The van der Waals surface area contributed by atoms with Crippen LogP contribution in [0.25, 0.3) is 16.5 Å². The van der Waals surface area contributed by atoms with Gasteiger partial charge in [0.2, 0.25) is 5.88 Å². The topological polar surface area (TPSA) is 77.2 Å². The molecule has 0 aliphatic carbocycles. The fraction of sp³-hybridized carbons (Fsp3) is 0.133. The van der Waals surface area contributed by atoms with Crippen LogP contribution >= 0.6 is 0 Å². The largest absolute Gasteiger partial charge is 0.481 e. The summed E-state index contributed by atoms with van der Waals surface area (Å²) in [4.78, 5) is 15.1. The molecule has 0 spiro atoms. The quantitative estimate of drug-likeness (QED) is 0.794. The monoisotopic (exact) mass is 337 g/mol. The van der Waals surface area contributed by atoms with Crippen LogP contribution in [0.15, 0.2) is 36.7 Å². The van der Waals surface area contributed by atoms with Crippen LogP contribution in [0, 0.1) is 0 Å². The van der Waals surface area contributed by atoms with Gasteiger partial charge in [0, 0.05) is 17.0 Å². The van der Waals surface area contributed by atoms with Crippen molar-refractivity contribution in [2.24, 2.45) is 0 Å². The fourth-order valence-corrected chi connectivity index (χ4v) is 2.47. The molecule has 1 N–H and O–H groups in total. The molecule has 0 unspecified atom stereocenters. The van der Waals surface area contributed by atoms with E-state index in [1.54, 1.807) is 6.07 Å². The van der Waals surface area contributed by atoms with Crippen molar-refractivity contribution >= 4 is 16.7 Å². The first-order valence-corrected chi connectivity index (χ1v) is 6.65. The molecule has 124 valence electrons. The van der Waals surface area contributed by atoms with Crippen molar-refractivity contribution in [1.82, 2.24) is 14.8 Å². The molecule has 3 aromatic rings. The van der Waals surface area contributed by atoms with E-state index in [1.165, 1.54) is 31.5 Å². The number of alkyl halides is 3. The van der Waals surface area contributed by atoms with Crippen molar-refractivity contribution in [1.29, 1.82) is 0 Å². The third kappa shape index (κ3) is 2.43. The van der Waals surface area contributed by atoms with E-state index in [-0.39, 0.29) is 11.6 Å². The third-order valence-corrected chi connectivity index (χ3v) is 3.44. The highest BCUT2D eigenvalue weighted by Crippen LogP contribution is 2.36. The molecular weight excluding hydrogens is 327 g/mol. The second-order valence-electron chi connectivity index (χ2n) is 4.81. The molecular formula is C15H10F3N3O3. The number of fused-ring (bicyclic) bond motifs is 1. The SMILES string of the molecule is COc1nccc2c(-n3ncc(C(=O)O)c3C(F)(F)F)cccc12. The minimum atomic E-state index is -4.89. The summed E-state index contributed by atoms with van der Waals surface area (Å²) in [6.07, 6.45) is -2.81. The van der Waals surface area contributed by atoms with Crippen molar-refractivity contribution in [3.63, 3.8) is 0 Å². The van der Waals surface area contributed by atoms with Gasteiger partial charge in [0.05, 0.1) is 19.0 Å². The van der Waals surface area contributed by atoms with E-state index in [4.69, 9.17) is 9.84 Å². The van der Waals surface area contributed by atoms with Gasteiger partial charge in [-0.15, -0.1) is 0 Å². The Bertz CT molecular complexity index is 935. The molecule has 0 aliphatic rings. The van der Waals surface area contributed by atoms with E-state index < -0.39 is 23.4 Å². The van der Waals surface area contributed by atoms with Gasteiger partial charge in [0.15, 0.2) is 5.69 Å². The van der Waals surface area contributed by atoms with Crippen LogP contribution in [0.5, 0.6) is 5.88 Å². The van der Waals surface area contributed by atoms with Crippen LogP contribution in [0.4, 0.5) is 13.2 Å². The first-order valence-electron chi connectivity index (χ1n) is 6.65.